The number of amides is 1. The van der Waals surface area contributed by atoms with E-state index in [1.165, 1.54) is 0 Å². The van der Waals surface area contributed by atoms with Crippen LogP contribution in [0.25, 0.3) is 21.5 Å². The molecule has 0 unspecified atom stereocenters. The van der Waals surface area contributed by atoms with Crippen LogP contribution < -0.4 is 5.32 Å². The molecule has 0 radical (unpaired) electrons. The van der Waals surface area contributed by atoms with Gasteiger partial charge in [0.05, 0.1) is 5.56 Å². The summed E-state index contributed by atoms with van der Waals surface area (Å²) >= 11 is 0. The van der Waals surface area contributed by atoms with Crippen LogP contribution in [-0.2, 0) is 13.3 Å². The molecule has 6 heteroatoms. The van der Waals surface area contributed by atoms with Gasteiger partial charge in [0.25, 0.3) is 5.91 Å². The highest BCUT2D eigenvalue weighted by Crippen LogP contribution is 2.28. The Morgan fingerprint density at radius 1 is 0.833 bits per heavy atom. The standard InChI is InChI=1S/C24H31NO4Si/c1-4-27-30(28-5-2,29-6-3)17-11-16-25-24(26)23-21-14-9-7-12-19(21)18-20-13-8-10-15-22(20)23/h7-10,12-15,18H,4-6,11,16-17H2,1-3H3,(H,25,26). The number of rotatable bonds is 11. The maximum atomic E-state index is 13.2. The molecule has 1 N–H and O–H groups in total. The van der Waals surface area contributed by atoms with E-state index in [0.717, 1.165) is 33.5 Å². The molecule has 3 rings (SSSR count). The lowest BCUT2D eigenvalue weighted by Crippen LogP contribution is -2.46. The average molecular weight is 426 g/mol. The minimum atomic E-state index is -2.69. The van der Waals surface area contributed by atoms with Crippen molar-refractivity contribution in [1.82, 2.24) is 5.32 Å². The van der Waals surface area contributed by atoms with Crippen LogP contribution in [0.3, 0.4) is 0 Å². The fourth-order valence-electron chi connectivity index (χ4n) is 3.85. The van der Waals surface area contributed by atoms with Crippen LogP contribution in [0.15, 0.2) is 54.6 Å². The van der Waals surface area contributed by atoms with E-state index in [4.69, 9.17) is 13.3 Å². The Kier molecular flexibility index (Phi) is 7.99. The highest BCUT2D eigenvalue weighted by Gasteiger charge is 2.39. The fourth-order valence-corrected chi connectivity index (χ4v) is 6.47. The molecule has 160 valence electrons. The summed E-state index contributed by atoms with van der Waals surface area (Å²) in [6.45, 7) is 8.06. The predicted octanol–water partition coefficient (Wildman–Crippen LogP) is 5.16. The van der Waals surface area contributed by atoms with E-state index in [0.29, 0.717) is 32.4 Å². The number of carbonyl (C=O) groups excluding carboxylic acids is 1. The quantitative estimate of drug-likeness (QED) is 0.262. The van der Waals surface area contributed by atoms with Crippen LogP contribution >= 0.6 is 0 Å². The lowest BCUT2D eigenvalue weighted by Gasteiger charge is -2.28. The van der Waals surface area contributed by atoms with Gasteiger partial charge < -0.3 is 18.6 Å². The smallest absolute Gasteiger partial charge is 0.374 e. The molecule has 0 bridgehead atoms. The number of hydrogen-bond acceptors (Lipinski definition) is 4. The summed E-state index contributed by atoms with van der Waals surface area (Å²) in [5.74, 6) is -0.0560. The SMILES string of the molecule is CCO[Si](CCCNC(=O)c1c2ccccc2cc2ccccc12)(OCC)OCC. The van der Waals surface area contributed by atoms with E-state index in [2.05, 4.69) is 11.4 Å². The van der Waals surface area contributed by atoms with Crippen molar-refractivity contribution in [3.05, 3.63) is 60.2 Å². The molecule has 0 saturated carbocycles. The van der Waals surface area contributed by atoms with Gasteiger partial charge in [-0.3, -0.25) is 4.79 Å². The molecule has 0 spiro atoms. The summed E-state index contributed by atoms with van der Waals surface area (Å²) < 4.78 is 17.7. The van der Waals surface area contributed by atoms with Gasteiger partial charge in [0.15, 0.2) is 0 Å². The van der Waals surface area contributed by atoms with Gasteiger partial charge in [-0.1, -0.05) is 48.5 Å². The van der Waals surface area contributed by atoms with Crippen LogP contribution in [0.4, 0.5) is 0 Å². The van der Waals surface area contributed by atoms with Gasteiger partial charge >= 0.3 is 8.80 Å². The lowest BCUT2D eigenvalue weighted by atomic mass is 9.96. The Balaban J connectivity index is 1.75. The third-order valence-corrected chi connectivity index (χ3v) is 8.19. The van der Waals surface area contributed by atoms with Crippen LogP contribution in [-0.4, -0.2) is 41.1 Å². The van der Waals surface area contributed by atoms with E-state index in [9.17, 15) is 4.79 Å². The molecule has 0 aliphatic heterocycles. The fraction of sp³-hybridized carbons (Fsp3) is 0.375. The predicted molar refractivity (Wildman–Crippen MR) is 124 cm³/mol. The number of carbonyl (C=O) groups is 1. The van der Waals surface area contributed by atoms with Crippen LogP contribution in [0.5, 0.6) is 0 Å². The highest BCUT2D eigenvalue weighted by atomic mass is 28.4. The summed E-state index contributed by atoms with van der Waals surface area (Å²) in [6, 6.07) is 18.9. The molecule has 1 amide bonds. The van der Waals surface area contributed by atoms with E-state index in [1.807, 2.05) is 69.3 Å². The summed E-state index contributed by atoms with van der Waals surface area (Å²) in [5, 5.41) is 7.17. The normalized spacial score (nSPS) is 11.8. The van der Waals surface area contributed by atoms with Gasteiger partial charge in [-0.15, -0.1) is 0 Å². The molecule has 3 aromatic rings. The van der Waals surface area contributed by atoms with Crippen LogP contribution in [0, 0.1) is 0 Å². The molecule has 0 atom stereocenters. The Labute approximate surface area is 179 Å². The molecule has 0 aliphatic carbocycles. The molecule has 0 saturated heterocycles. The molecule has 0 aromatic heterocycles. The van der Waals surface area contributed by atoms with Gasteiger partial charge in [0.1, 0.15) is 0 Å². The van der Waals surface area contributed by atoms with Crippen LogP contribution in [0.2, 0.25) is 6.04 Å². The Bertz CT molecular complexity index is 920. The number of hydrogen-bond donors (Lipinski definition) is 1. The van der Waals surface area contributed by atoms with E-state index in [-0.39, 0.29) is 5.91 Å². The third-order valence-electron chi connectivity index (χ3n) is 5.04. The summed E-state index contributed by atoms with van der Waals surface area (Å²) in [6.07, 6.45) is 0.737. The Morgan fingerprint density at radius 3 is 1.83 bits per heavy atom. The van der Waals surface area contributed by atoms with Crippen LogP contribution in [0.1, 0.15) is 37.6 Å². The topological polar surface area (TPSA) is 56.8 Å². The molecular formula is C24H31NO4Si. The first kappa shape index (κ1) is 22.4. The first-order chi connectivity index (χ1) is 14.6. The van der Waals surface area contributed by atoms with Gasteiger partial charge in [0.2, 0.25) is 0 Å². The molecule has 0 aliphatic rings. The van der Waals surface area contributed by atoms with Gasteiger partial charge in [-0.05, 0) is 54.8 Å². The van der Waals surface area contributed by atoms with Crippen molar-refractivity contribution >= 4 is 36.3 Å². The van der Waals surface area contributed by atoms with Crippen molar-refractivity contribution < 1.29 is 18.1 Å². The zero-order chi connectivity index (χ0) is 21.4. The molecular weight excluding hydrogens is 394 g/mol. The monoisotopic (exact) mass is 425 g/mol. The second-order valence-electron chi connectivity index (χ2n) is 7.04. The first-order valence-electron chi connectivity index (χ1n) is 10.7. The maximum Gasteiger partial charge on any atom is 0.500 e. The van der Waals surface area contributed by atoms with Gasteiger partial charge in [-0.2, -0.15) is 0 Å². The molecule has 30 heavy (non-hydrogen) atoms. The van der Waals surface area contributed by atoms with Crippen molar-refractivity contribution in [2.75, 3.05) is 26.4 Å². The summed E-state index contributed by atoms with van der Waals surface area (Å²) in [7, 11) is -2.69. The van der Waals surface area contributed by atoms with Crippen molar-refractivity contribution in [2.24, 2.45) is 0 Å². The van der Waals surface area contributed by atoms with E-state index in [1.54, 1.807) is 0 Å². The lowest BCUT2D eigenvalue weighted by molar-refractivity contribution is 0.0705. The van der Waals surface area contributed by atoms with E-state index < -0.39 is 8.80 Å². The molecule has 0 heterocycles. The first-order valence-corrected chi connectivity index (χ1v) is 12.7. The molecule has 0 fully saturated rings. The number of nitrogens with one attached hydrogen (secondary N) is 1. The average Bonchev–Trinajstić information content (AvgIpc) is 2.75. The Morgan fingerprint density at radius 2 is 1.33 bits per heavy atom. The number of benzene rings is 3. The highest BCUT2D eigenvalue weighted by molar-refractivity contribution is 6.60. The Hall–Kier alpha value is -2.25. The summed E-state index contributed by atoms with van der Waals surface area (Å²) in [4.78, 5) is 13.2. The zero-order valence-electron chi connectivity index (χ0n) is 18.1. The second kappa shape index (κ2) is 10.7. The summed E-state index contributed by atoms with van der Waals surface area (Å²) in [5.41, 5.74) is 0.728. The zero-order valence-corrected chi connectivity index (χ0v) is 19.1. The third kappa shape index (κ3) is 5.07. The van der Waals surface area contributed by atoms with Gasteiger partial charge in [-0.25, -0.2) is 0 Å². The largest absolute Gasteiger partial charge is 0.500 e. The van der Waals surface area contributed by atoms with Gasteiger partial charge in [0, 0.05) is 32.4 Å². The molecule has 5 nitrogen and oxygen atoms in total. The molecule has 3 aromatic carbocycles. The van der Waals surface area contributed by atoms with Crippen molar-refractivity contribution in [3.8, 4) is 0 Å². The second-order valence-corrected chi connectivity index (χ2v) is 9.77. The van der Waals surface area contributed by atoms with Crippen molar-refractivity contribution in [3.63, 3.8) is 0 Å². The number of fused-ring (bicyclic) bond motifs is 2. The maximum absolute atomic E-state index is 13.2. The van der Waals surface area contributed by atoms with E-state index >= 15 is 0 Å². The van der Waals surface area contributed by atoms with Crippen molar-refractivity contribution in [1.29, 1.82) is 0 Å². The minimum absolute atomic E-state index is 0.0560. The minimum Gasteiger partial charge on any atom is -0.374 e. The van der Waals surface area contributed by atoms with Crippen molar-refractivity contribution in [2.45, 2.75) is 33.2 Å².